The molecule has 0 bridgehead atoms. The van der Waals surface area contributed by atoms with Crippen LogP contribution in [-0.4, -0.2) is 28.1 Å². The fraction of sp³-hybridized carbons (Fsp3) is 0.438. The lowest BCUT2D eigenvalue weighted by Gasteiger charge is -2.38. The van der Waals surface area contributed by atoms with Gasteiger partial charge in [0.25, 0.3) is 0 Å². The Morgan fingerprint density at radius 2 is 2.00 bits per heavy atom. The van der Waals surface area contributed by atoms with E-state index < -0.39 is 17.3 Å². The van der Waals surface area contributed by atoms with Crippen molar-refractivity contribution >= 4 is 11.3 Å². The largest absolute Gasteiger partial charge is 0.416 e. The molecule has 1 N–H and O–H groups in total. The van der Waals surface area contributed by atoms with Gasteiger partial charge in [-0.25, -0.2) is 4.98 Å². The molecule has 0 saturated carbocycles. The number of thiazole rings is 1. The average molecular weight is 342 g/mol. The van der Waals surface area contributed by atoms with Gasteiger partial charge in [0, 0.05) is 24.7 Å². The molecule has 2 aromatic rings. The molecule has 7 heteroatoms. The minimum absolute atomic E-state index is 0.348. The molecule has 124 valence electrons. The van der Waals surface area contributed by atoms with Crippen LogP contribution < -0.4 is 0 Å². The van der Waals surface area contributed by atoms with Crippen LogP contribution in [0.1, 0.15) is 29.0 Å². The lowest BCUT2D eigenvalue weighted by atomic mass is 9.84. The van der Waals surface area contributed by atoms with Gasteiger partial charge in [-0.15, -0.1) is 11.3 Å². The zero-order valence-corrected chi connectivity index (χ0v) is 13.2. The Morgan fingerprint density at radius 1 is 1.26 bits per heavy atom. The summed E-state index contributed by atoms with van der Waals surface area (Å²) in [4.78, 5) is 6.40. The number of rotatable bonds is 3. The first-order valence-corrected chi connectivity index (χ1v) is 8.26. The van der Waals surface area contributed by atoms with Gasteiger partial charge >= 0.3 is 6.18 Å². The lowest BCUT2D eigenvalue weighted by Crippen LogP contribution is -2.42. The van der Waals surface area contributed by atoms with Crippen molar-refractivity contribution in [3.05, 3.63) is 52.0 Å². The maximum absolute atomic E-state index is 12.8. The molecule has 1 aromatic carbocycles. The number of piperidine rings is 1. The van der Waals surface area contributed by atoms with Gasteiger partial charge in [0.15, 0.2) is 0 Å². The first kappa shape index (κ1) is 16.4. The summed E-state index contributed by atoms with van der Waals surface area (Å²) in [5.74, 6) is 0. The van der Waals surface area contributed by atoms with Gasteiger partial charge in [0.05, 0.1) is 17.7 Å². The van der Waals surface area contributed by atoms with E-state index in [9.17, 15) is 18.3 Å². The monoisotopic (exact) mass is 342 g/mol. The highest BCUT2D eigenvalue weighted by Crippen LogP contribution is 2.37. The Labute approximate surface area is 136 Å². The summed E-state index contributed by atoms with van der Waals surface area (Å²) in [5, 5.41) is 13.7. The average Bonchev–Trinajstić information content (AvgIpc) is 3.02. The first-order chi connectivity index (χ1) is 10.9. The molecule has 0 spiro atoms. The fourth-order valence-electron chi connectivity index (χ4n) is 2.88. The van der Waals surface area contributed by atoms with Crippen molar-refractivity contribution < 1.29 is 18.3 Å². The van der Waals surface area contributed by atoms with Gasteiger partial charge in [-0.2, -0.15) is 13.2 Å². The number of benzene rings is 1. The van der Waals surface area contributed by atoms with Crippen LogP contribution in [0.15, 0.2) is 35.8 Å². The van der Waals surface area contributed by atoms with Crippen LogP contribution in [0.2, 0.25) is 0 Å². The number of halogens is 3. The van der Waals surface area contributed by atoms with Crippen LogP contribution in [0.3, 0.4) is 0 Å². The number of nitrogens with zero attached hydrogens (tertiary/aromatic N) is 2. The first-order valence-electron chi connectivity index (χ1n) is 7.38. The molecule has 23 heavy (non-hydrogen) atoms. The molecule has 0 unspecified atom stereocenters. The second kappa shape index (κ2) is 6.22. The van der Waals surface area contributed by atoms with Gasteiger partial charge in [-0.05, 0) is 30.5 Å². The molecule has 1 aliphatic heterocycles. The van der Waals surface area contributed by atoms with E-state index in [0.29, 0.717) is 31.5 Å². The molecular weight excluding hydrogens is 325 g/mol. The Balaban J connectivity index is 1.69. The SMILES string of the molecule is OC1(c2cccc(C(F)(F)F)c2)CCN(Cc2nccs2)CC1. The third-order valence-corrected chi connectivity index (χ3v) is 5.02. The Bertz CT molecular complexity index is 650. The molecule has 1 saturated heterocycles. The number of aliphatic hydroxyl groups is 1. The maximum atomic E-state index is 12.8. The van der Waals surface area contributed by atoms with Crippen LogP contribution >= 0.6 is 11.3 Å². The Morgan fingerprint density at radius 3 is 2.61 bits per heavy atom. The Hall–Kier alpha value is -1.44. The summed E-state index contributed by atoms with van der Waals surface area (Å²) in [7, 11) is 0. The molecule has 0 aliphatic carbocycles. The van der Waals surface area contributed by atoms with Gasteiger partial charge in [-0.3, -0.25) is 4.90 Å². The summed E-state index contributed by atoms with van der Waals surface area (Å²) in [6.45, 7) is 1.98. The van der Waals surface area contributed by atoms with E-state index in [0.717, 1.165) is 23.7 Å². The van der Waals surface area contributed by atoms with Crippen molar-refractivity contribution in [3.8, 4) is 0 Å². The van der Waals surface area contributed by atoms with Crippen molar-refractivity contribution in [1.82, 2.24) is 9.88 Å². The highest BCUT2D eigenvalue weighted by atomic mass is 32.1. The summed E-state index contributed by atoms with van der Waals surface area (Å²) in [6, 6.07) is 5.03. The molecule has 0 amide bonds. The summed E-state index contributed by atoms with van der Waals surface area (Å²) >= 11 is 1.58. The molecule has 0 atom stereocenters. The molecule has 2 heterocycles. The highest BCUT2D eigenvalue weighted by molar-refractivity contribution is 7.09. The van der Waals surface area contributed by atoms with Crippen molar-refractivity contribution in [1.29, 1.82) is 0 Å². The molecule has 0 radical (unpaired) electrons. The lowest BCUT2D eigenvalue weighted by molar-refractivity contribution is -0.137. The number of likely N-dealkylation sites (tertiary alicyclic amines) is 1. The zero-order valence-electron chi connectivity index (χ0n) is 12.4. The van der Waals surface area contributed by atoms with Gasteiger partial charge < -0.3 is 5.11 Å². The van der Waals surface area contributed by atoms with E-state index in [4.69, 9.17) is 0 Å². The van der Waals surface area contributed by atoms with Crippen LogP contribution in [0.5, 0.6) is 0 Å². The molecule has 3 rings (SSSR count). The van der Waals surface area contributed by atoms with Gasteiger partial charge in [0.2, 0.25) is 0 Å². The van der Waals surface area contributed by atoms with E-state index in [1.807, 2.05) is 5.38 Å². The number of alkyl halides is 3. The second-order valence-corrected chi connectivity index (χ2v) is 6.79. The van der Waals surface area contributed by atoms with Crippen molar-refractivity contribution in [2.45, 2.75) is 31.2 Å². The van der Waals surface area contributed by atoms with E-state index in [-0.39, 0.29) is 0 Å². The third-order valence-electron chi connectivity index (χ3n) is 4.25. The fourth-order valence-corrected chi connectivity index (χ4v) is 3.53. The summed E-state index contributed by atoms with van der Waals surface area (Å²) in [6.07, 6.45) is -1.81. The van der Waals surface area contributed by atoms with E-state index in [2.05, 4.69) is 9.88 Å². The Kier molecular flexibility index (Phi) is 4.44. The topological polar surface area (TPSA) is 36.4 Å². The second-order valence-electron chi connectivity index (χ2n) is 5.81. The van der Waals surface area contributed by atoms with Crippen molar-refractivity contribution in [2.75, 3.05) is 13.1 Å². The van der Waals surface area contributed by atoms with Gasteiger partial charge in [-0.1, -0.05) is 12.1 Å². The molecule has 1 aromatic heterocycles. The number of hydrogen-bond acceptors (Lipinski definition) is 4. The van der Waals surface area contributed by atoms with Crippen molar-refractivity contribution in [3.63, 3.8) is 0 Å². The summed E-state index contributed by atoms with van der Waals surface area (Å²) < 4.78 is 38.5. The third kappa shape index (κ3) is 3.73. The van der Waals surface area contributed by atoms with Gasteiger partial charge in [0.1, 0.15) is 5.01 Å². The predicted molar refractivity (Wildman–Crippen MR) is 82.0 cm³/mol. The maximum Gasteiger partial charge on any atom is 0.416 e. The van der Waals surface area contributed by atoms with E-state index in [1.54, 1.807) is 23.6 Å². The quantitative estimate of drug-likeness (QED) is 0.925. The molecule has 3 nitrogen and oxygen atoms in total. The number of aromatic nitrogens is 1. The normalized spacial score (nSPS) is 19.0. The molecule has 1 fully saturated rings. The van der Waals surface area contributed by atoms with Crippen molar-refractivity contribution in [2.24, 2.45) is 0 Å². The predicted octanol–water partition coefficient (Wildman–Crippen LogP) is 3.65. The van der Waals surface area contributed by atoms with E-state index in [1.165, 1.54) is 6.07 Å². The zero-order chi connectivity index (χ0) is 16.5. The molecule has 1 aliphatic rings. The number of hydrogen-bond donors (Lipinski definition) is 1. The van der Waals surface area contributed by atoms with E-state index >= 15 is 0 Å². The van der Waals surface area contributed by atoms with Crippen LogP contribution in [-0.2, 0) is 18.3 Å². The highest BCUT2D eigenvalue weighted by Gasteiger charge is 2.37. The standard InChI is InChI=1S/C16H17F3N2OS/c17-16(18,19)13-3-1-2-12(10-13)15(22)4-7-21(8-5-15)11-14-20-6-9-23-14/h1-3,6,9-10,22H,4-5,7-8,11H2. The minimum atomic E-state index is -4.39. The van der Waals surface area contributed by atoms with Crippen LogP contribution in [0.25, 0.3) is 0 Å². The minimum Gasteiger partial charge on any atom is -0.385 e. The smallest absolute Gasteiger partial charge is 0.385 e. The van der Waals surface area contributed by atoms with Crippen LogP contribution in [0, 0.1) is 0 Å². The summed E-state index contributed by atoms with van der Waals surface area (Å²) in [5.41, 5.74) is -1.56. The van der Waals surface area contributed by atoms with Crippen LogP contribution in [0.4, 0.5) is 13.2 Å². The molecular formula is C16H17F3N2OS.